The quantitative estimate of drug-likeness (QED) is 0.188. The third-order valence-corrected chi connectivity index (χ3v) is 17.5. The van der Waals surface area contributed by atoms with Gasteiger partial charge in [0.15, 0.2) is 0 Å². The first-order valence-corrected chi connectivity index (χ1v) is 23.0. The topological polar surface area (TPSA) is 3.24 Å². The molecule has 1 aromatic heterocycles. The Morgan fingerprint density at radius 3 is 2.60 bits per heavy atom. The predicted molar refractivity (Wildman–Crippen MR) is 242 cm³/mol. The maximum absolute atomic E-state index is 2.97. The van der Waals surface area contributed by atoms with Crippen molar-refractivity contribution in [2.45, 2.75) is 109 Å². The van der Waals surface area contributed by atoms with Crippen molar-refractivity contribution in [2.24, 2.45) is 23.2 Å². The second-order valence-corrected chi connectivity index (χ2v) is 20.8. The number of rotatable bonds is 3. The lowest BCUT2D eigenvalue weighted by atomic mass is 9.64. The standard InChI is InChI=1S/C55H55NS/c1-32-28-35(30-46-51-48(55(4,5)52(32)46)27-26-44-43-19-11-13-21-50(43)57-53(44)51)56(34-23-25-42-41-18-10-12-20-47(41)54(2,3)49(42)31-34)33-22-24-40-38-16-7-6-14-36(38)37-15-8-9-17-39(37)45(40)29-33/h6-8,10-16,18-21,23-25,29,31-33,35,37,39,41,47H,9,17,22,26-28,30H2,1-5H3. The van der Waals surface area contributed by atoms with E-state index in [0.717, 1.165) is 12.8 Å². The minimum absolute atomic E-state index is 0.0835. The number of allylic oxidation sites excluding steroid dienone is 11. The molecule has 0 bridgehead atoms. The molecule has 3 aromatic carbocycles. The van der Waals surface area contributed by atoms with Crippen molar-refractivity contribution in [2.75, 3.05) is 4.90 Å². The van der Waals surface area contributed by atoms with Crippen LogP contribution in [0.4, 0.5) is 5.69 Å². The Morgan fingerprint density at radius 2 is 1.68 bits per heavy atom. The molecule has 0 saturated carbocycles. The summed E-state index contributed by atoms with van der Waals surface area (Å²) >= 11 is 2.07. The normalized spacial score (nSPS) is 30.7. The smallest absolute Gasteiger partial charge is 0.0517 e. The molecule has 2 heteroatoms. The molecule has 0 amide bonds. The molecule has 4 aromatic rings. The second-order valence-electron chi connectivity index (χ2n) is 19.8. The van der Waals surface area contributed by atoms with Crippen LogP contribution in [0.15, 0.2) is 138 Å². The highest BCUT2D eigenvalue weighted by Crippen LogP contribution is 2.62. The molecule has 0 aliphatic heterocycles. The van der Waals surface area contributed by atoms with Crippen molar-refractivity contribution in [3.05, 3.63) is 170 Å². The summed E-state index contributed by atoms with van der Waals surface area (Å²) in [5.41, 5.74) is 19.3. The Labute approximate surface area is 344 Å². The van der Waals surface area contributed by atoms with Gasteiger partial charge in [0, 0.05) is 38.6 Å². The molecule has 286 valence electrons. The van der Waals surface area contributed by atoms with Crippen molar-refractivity contribution in [3.63, 3.8) is 0 Å². The Hall–Kier alpha value is -4.40. The summed E-state index contributed by atoms with van der Waals surface area (Å²) in [6, 6.07) is 27.0. The third-order valence-electron chi connectivity index (χ3n) is 16.2. The number of benzene rings is 3. The predicted octanol–water partition coefficient (Wildman–Crippen LogP) is 14.2. The SMILES string of the molecule is CC1CC(N(c2ccc3c(c2)C(C)(C)C2C=CC=CC32)C2C=C3C(=CC2)c2ccccc2C2C=CCCC32)CC2=C1C(C)(C)C1=C2c2sc3ccccc3c2CC1. The summed E-state index contributed by atoms with van der Waals surface area (Å²) in [6.45, 7) is 12.7. The van der Waals surface area contributed by atoms with Gasteiger partial charge in [-0.05, 0) is 142 Å². The molecule has 8 aliphatic rings. The van der Waals surface area contributed by atoms with E-state index in [1.54, 1.807) is 43.9 Å². The Balaban J connectivity index is 1.01. The fourth-order valence-electron chi connectivity index (χ4n) is 13.9. The van der Waals surface area contributed by atoms with Crippen LogP contribution in [0.1, 0.15) is 118 Å². The van der Waals surface area contributed by atoms with Crippen molar-refractivity contribution in [3.8, 4) is 0 Å². The van der Waals surface area contributed by atoms with Gasteiger partial charge in [0.05, 0.1) is 6.04 Å². The van der Waals surface area contributed by atoms with Crippen molar-refractivity contribution in [1.29, 1.82) is 0 Å². The first-order valence-electron chi connectivity index (χ1n) is 22.1. The minimum Gasteiger partial charge on any atom is -0.361 e. The molecule has 7 atom stereocenters. The molecular formula is C55H55NS. The summed E-state index contributed by atoms with van der Waals surface area (Å²) in [5, 5.41) is 1.49. The number of thiophene rings is 1. The lowest BCUT2D eigenvalue weighted by Gasteiger charge is -2.47. The van der Waals surface area contributed by atoms with Gasteiger partial charge >= 0.3 is 0 Å². The van der Waals surface area contributed by atoms with E-state index >= 15 is 0 Å². The first kappa shape index (κ1) is 34.6. The zero-order valence-electron chi connectivity index (χ0n) is 34.3. The summed E-state index contributed by atoms with van der Waals surface area (Å²) in [5.74, 6) is 2.54. The van der Waals surface area contributed by atoms with E-state index in [4.69, 9.17) is 0 Å². The Morgan fingerprint density at radius 1 is 0.842 bits per heavy atom. The van der Waals surface area contributed by atoms with E-state index in [-0.39, 0.29) is 10.8 Å². The average Bonchev–Trinajstić information content (AvgIpc) is 3.81. The molecule has 0 saturated heterocycles. The highest BCUT2D eigenvalue weighted by molar-refractivity contribution is 7.20. The summed E-state index contributed by atoms with van der Waals surface area (Å²) in [4.78, 5) is 4.56. The van der Waals surface area contributed by atoms with Gasteiger partial charge in [0.25, 0.3) is 0 Å². The van der Waals surface area contributed by atoms with Gasteiger partial charge in [-0.15, -0.1) is 11.3 Å². The van der Waals surface area contributed by atoms with Crippen LogP contribution in [-0.2, 0) is 11.8 Å². The van der Waals surface area contributed by atoms with Crippen LogP contribution in [0.3, 0.4) is 0 Å². The molecule has 0 N–H and O–H groups in total. The maximum atomic E-state index is 2.97. The molecule has 1 heterocycles. The molecule has 8 aliphatic carbocycles. The average molecular weight is 762 g/mol. The maximum Gasteiger partial charge on any atom is 0.0517 e. The van der Waals surface area contributed by atoms with Crippen LogP contribution in [0.5, 0.6) is 0 Å². The number of fused-ring (bicyclic) bond motifs is 14. The van der Waals surface area contributed by atoms with Crippen LogP contribution < -0.4 is 4.90 Å². The van der Waals surface area contributed by atoms with E-state index in [9.17, 15) is 0 Å². The minimum atomic E-state index is 0.0835. The van der Waals surface area contributed by atoms with Gasteiger partial charge in [-0.25, -0.2) is 0 Å². The molecule has 57 heavy (non-hydrogen) atoms. The third kappa shape index (κ3) is 4.80. The molecular weight excluding hydrogens is 707 g/mol. The van der Waals surface area contributed by atoms with Crippen molar-refractivity contribution >= 4 is 38.3 Å². The highest BCUT2D eigenvalue weighted by atomic mass is 32.1. The van der Waals surface area contributed by atoms with Gasteiger partial charge < -0.3 is 4.90 Å². The number of aryl methyl sites for hydroxylation is 1. The number of anilines is 1. The van der Waals surface area contributed by atoms with Crippen LogP contribution >= 0.6 is 11.3 Å². The van der Waals surface area contributed by atoms with E-state index in [0.29, 0.717) is 41.7 Å². The van der Waals surface area contributed by atoms with Gasteiger partial charge in [-0.2, -0.15) is 0 Å². The van der Waals surface area contributed by atoms with Gasteiger partial charge in [-0.3, -0.25) is 0 Å². The fourth-order valence-corrected chi connectivity index (χ4v) is 15.3. The lowest BCUT2D eigenvalue weighted by molar-refractivity contribution is 0.374. The van der Waals surface area contributed by atoms with Crippen LogP contribution in [0.2, 0.25) is 0 Å². The molecule has 0 spiro atoms. The number of nitrogens with zero attached hydrogens (tertiary/aromatic N) is 1. The summed E-state index contributed by atoms with van der Waals surface area (Å²) in [6.07, 6.45) is 28.1. The molecule has 7 unspecified atom stereocenters. The molecule has 0 radical (unpaired) electrons. The van der Waals surface area contributed by atoms with Gasteiger partial charge in [-0.1, -0.05) is 143 Å². The Bertz CT molecular complexity index is 2620. The van der Waals surface area contributed by atoms with E-state index in [1.165, 1.54) is 70.1 Å². The zero-order chi connectivity index (χ0) is 38.4. The molecule has 12 rings (SSSR count). The number of hydrogen-bond donors (Lipinski definition) is 0. The van der Waals surface area contributed by atoms with E-state index in [2.05, 4.69) is 166 Å². The zero-order valence-corrected chi connectivity index (χ0v) is 35.1. The van der Waals surface area contributed by atoms with Gasteiger partial charge in [0.2, 0.25) is 0 Å². The van der Waals surface area contributed by atoms with E-state index < -0.39 is 0 Å². The largest absolute Gasteiger partial charge is 0.361 e. The summed E-state index contributed by atoms with van der Waals surface area (Å²) < 4.78 is 1.46. The molecule has 0 fully saturated rings. The Kier molecular flexibility index (Phi) is 7.48. The van der Waals surface area contributed by atoms with Crippen molar-refractivity contribution < 1.29 is 0 Å². The van der Waals surface area contributed by atoms with Gasteiger partial charge in [0.1, 0.15) is 0 Å². The lowest BCUT2D eigenvalue weighted by Crippen LogP contribution is -2.46. The summed E-state index contributed by atoms with van der Waals surface area (Å²) in [7, 11) is 0. The van der Waals surface area contributed by atoms with Crippen LogP contribution in [-0.4, -0.2) is 12.1 Å². The molecule has 1 nitrogen and oxygen atoms in total. The fraction of sp³-hybridized carbons (Fsp3) is 0.382. The first-order chi connectivity index (χ1) is 27.7. The van der Waals surface area contributed by atoms with Crippen molar-refractivity contribution in [1.82, 2.24) is 0 Å². The van der Waals surface area contributed by atoms with E-state index in [1.807, 2.05) is 0 Å². The number of hydrogen-bond acceptors (Lipinski definition) is 2. The second kappa shape index (κ2) is 12.3. The van der Waals surface area contributed by atoms with Crippen LogP contribution in [0, 0.1) is 23.2 Å². The highest BCUT2D eigenvalue weighted by Gasteiger charge is 2.50. The van der Waals surface area contributed by atoms with Crippen LogP contribution in [0.25, 0.3) is 21.2 Å². The monoisotopic (exact) mass is 761 g/mol.